The number of carbonyl (C=O) groups excluding carboxylic acids is 4. The number of nitrogens with zero attached hydrogens (tertiary/aromatic N) is 2. The molecule has 37 heavy (non-hydrogen) atoms. The molecule has 0 saturated carbocycles. The molecule has 2 aromatic heterocycles. The molecule has 0 aliphatic carbocycles. The van der Waals surface area contributed by atoms with Crippen LogP contribution in [0.4, 0.5) is 5.13 Å². The Morgan fingerprint density at radius 1 is 1.35 bits per heavy atom. The Morgan fingerprint density at radius 2 is 2.03 bits per heavy atom. The Bertz CT molecular complexity index is 1450. The molecule has 2 aromatic rings. The van der Waals surface area contributed by atoms with Crippen molar-refractivity contribution >= 4 is 55.9 Å². The zero-order valence-electron chi connectivity index (χ0n) is 19.1. The average molecular weight is 555 g/mol. The predicted octanol–water partition coefficient (Wildman–Crippen LogP) is -0.899. The average Bonchev–Trinajstić information content (AvgIpc) is 3.25. The number of carbonyl (C=O) groups is 4. The fourth-order valence-corrected chi connectivity index (χ4v) is 5.12. The van der Waals surface area contributed by atoms with E-state index in [4.69, 9.17) is 11.1 Å². The Balaban J connectivity index is 1.65. The van der Waals surface area contributed by atoms with E-state index in [1.165, 1.54) is 12.3 Å². The number of nitrogens with one attached hydrogen (secondary N) is 3. The highest BCUT2D eigenvalue weighted by Crippen LogP contribution is 2.32. The van der Waals surface area contributed by atoms with Crippen molar-refractivity contribution in [2.45, 2.75) is 25.8 Å². The first-order chi connectivity index (χ1) is 17.2. The summed E-state index contributed by atoms with van der Waals surface area (Å²) in [7, 11) is -5.00. The monoisotopic (exact) mass is 554 g/mol. The molecule has 1 aliphatic heterocycles. The van der Waals surface area contributed by atoms with Gasteiger partial charge in [0, 0.05) is 42.9 Å². The Kier molecular flexibility index (Phi) is 7.89. The largest absolute Gasteiger partial charge is 0.503 e. The van der Waals surface area contributed by atoms with E-state index in [1.54, 1.807) is 0 Å². The zero-order valence-corrected chi connectivity index (χ0v) is 20.8. The fraction of sp³-hybridized carbons (Fsp3) is 0.350. The maximum absolute atomic E-state index is 12.5. The van der Waals surface area contributed by atoms with Crippen LogP contribution in [-0.4, -0.2) is 74.0 Å². The van der Waals surface area contributed by atoms with Crippen molar-refractivity contribution in [1.82, 2.24) is 19.6 Å². The van der Waals surface area contributed by atoms with E-state index in [0.717, 1.165) is 23.6 Å². The predicted molar refractivity (Wildman–Crippen MR) is 129 cm³/mol. The van der Waals surface area contributed by atoms with Crippen molar-refractivity contribution in [1.29, 1.82) is 5.41 Å². The summed E-state index contributed by atoms with van der Waals surface area (Å²) in [5.74, 6) is -6.02. The van der Waals surface area contributed by atoms with Gasteiger partial charge in [-0.3, -0.25) is 33.9 Å². The van der Waals surface area contributed by atoms with Gasteiger partial charge in [0.25, 0.3) is 0 Å². The van der Waals surface area contributed by atoms with Gasteiger partial charge in [0.1, 0.15) is 11.4 Å². The van der Waals surface area contributed by atoms with Crippen LogP contribution in [0.15, 0.2) is 22.4 Å². The molecule has 3 heterocycles. The molecule has 1 fully saturated rings. The summed E-state index contributed by atoms with van der Waals surface area (Å²) in [4.78, 5) is 67.5. The molecule has 1 aliphatic rings. The van der Waals surface area contributed by atoms with Crippen LogP contribution in [0, 0.1) is 17.2 Å². The van der Waals surface area contributed by atoms with Gasteiger partial charge in [0.15, 0.2) is 22.4 Å². The molecule has 1 saturated heterocycles. The number of anilines is 1. The van der Waals surface area contributed by atoms with Crippen LogP contribution >= 0.6 is 11.3 Å². The van der Waals surface area contributed by atoms with Crippen molar-refractivity contribution in [3.63, 3.8) is 0 Å². The molecule has 2 amide bonds. The van der Waals surface area contributed by atoms with Gasteiger partial charge in [-0.15, -0.1) is 11.3 Å². The third kappa shape index (κ3) is 6.07. The van der Waals surface area contributed by atoms with E-state index in [1.807, 2.05) is 0 Å². The van der Waals surface area contributed by atoms with Crippen molar-refractivity contribution in [2.24, 2.45) is 11.8 Å². The molecular formula is C20H22N6O9S2. The van der Waals surface area contributed by atoms with Crippen LogP contribution in [0.1, 0.15) is 35.9 Å². The van der Waals surface area contributed by atoms with Gasteiger partial charge in [-0.2, -0.15) is 8.42 Å². The van der Waals surface area contributed by atoms with E-state index in [2.05, 4.69) is 15.3 Å². The number of aromatic hydroxyl groups is 1. The number of Topliss-reactive ketones (excluding diaryl/α,β-unsaturated/α-hetero) is 2. The van der Waals surface area contributed by atoms with Gasteiger partial charge in [0.05, 0.1) is 17.7 Å². The lowest BCUT2D eigenvalue weighted by Gasteiger charge is -2.44. The molecule has 0 aromatic carbocycles. The number of rotatable bonds is 11. The number of aromatic nitrogens is 2. The maximum atomic E-state index is 12.5. The van der Waals surface area contributed by atoms with Crippen LogP contribution in [0.5, 0.6) is 5.75 Å². The first-order valence-electron chi connectivity index (χ1n) is 10.6. The van der Waals surface area contributed by atoms with Crippen LogP contribution < -0.4 is 16.5 Å². The fourth-order valence-electron chi connectivity index (χ4n) is 3.64. The molecule has 0 radical (unpaired) electrons. The molecule has 198 valence electrons. The van der Waals surface area contributed by atoms with Crippen LogP contribution in [0.3, 0.4) is 0 Å². The summed E-state index contributed by atoms with van der Waals surface area (Å²) in [5, 5.41) is 21.1. The number of thiazole rings is 1. The minimum absolute atomic E-state index is 0.00998. The van der Waals surface area contributed by atoms with Gasteiger partial charge in [-0.05, 0) is 0 Å². The number of ketones is 2. The summed E-state index contributed by atoms with van der Waals surface area (Å²) in [6.45, 7) is 0.911. The SMILES string of the molecule is C[C@H](CC(=O)c1cc(=O)c(O)c[nH]1)C(=O)NC[C@@H]1[C@H](CC(=O)C(=N)c2csc(N)n2)C(=O)N1S(=O)(=O)O. The molecule has 0 unspecified atom stereocenters. The summed E-state index contributed by atoms with van der Waals surface area (Å²) in [5.41, 5.74) is 4.03. The number of β-lactam (4-membered cyclic amide) rings is 1. The van der Waals surface area contributed by atoms with Gasteiger partial charge in [0.2, 0.25) is 17.2 Å². The van der Waals surface area contributed by atoms with Crippen molar-refractivity contribution in [3.8, 4) is 5.75 Å². The number of aromatic amines is 1. The van der Waals surface area contributed by atoms with Crippen molar-refractivity contribution < 1.29 is 37.3 Å². The molecule has 17 heteroatoms. The van der Waals surface area contributed by atoms with E-state index in [0.29, 0.717) is 0 Å². The summed E-state index contributed by atoms with van der Waals surface area (Å²) < 4.78 is 32.9. The summed E-state index contributed by atoms with van der Waals surface area (Å²) >= 11 is 0.998. The van der Waals surface area contributed by atoms with Crippen molar-refractivity contribution in [3.05, 3.63) is 39.3 Å². The standard InChI is InChI=1S/C20H22N6O9S2/c1-8(2-13(27)10-4-14(28)16(30)6-23-10)18(31)24-5-12-9(19(32)26(12)37(33,34)35)3-15(29)17(21)11-7-36-20(22)25-11/h4,6-9,12,21,30H,2-3,5H2,1H3,(H2,22,25)(H,23,28)(H,24,31)(H,33,34,35)/t8-,9+,12-/m1/s1. The quantitative estimate of drug-likeness (QED) is 0.0858. The highest BCUT2D eigenvalue weighted by molar-refractivity contribution is 7.84. The number of amides is 2. The molecule has 7 N–H and O–H groups in total. The number of H-pyrrole nitrogens is 1. The molecular weight excluding hydrogens is 532 g/mol. The van der Waals surface area contributed by atoms with Gasteiger partial charge in [-0.25, -0.2) is 9.29 Å². The number of nitrogen functional groups attached to an aromatic ring is 1. The molecule has 3 rings (SSSR count). The number of pyridine rings is 1. The second kappa shape index (κ2) is 10.6. The molecule has 15 nitrogen and oxygen atoms in total. The van der Waals surface area contributed by atoms with E-state index >= 15 is 0 Å². The third-order valence-electron chi connectivity index (χ3n) is 5.63. The maximum Gasteiger partial charge on any atom is 0.362 e. The lowest BCUT2D eigenvalue weighted by atomic mass is 9.84. The summed E-state index contributed by atoms with van der Waals surface area (Å²) in [6, 6.07) is -0.439. The molecule has 0 spiro atoms. The molecule has 0 bridgehead atoms. The van der Waals surface area contributed by atoms with E-state index in [-0.39, 0.29) is 27.2 Å². The number of nitrogens with two attached hydrogens (primary N) is 1. The minimum Gasteiger partial charge on any atom is -0.503 e. The minimum atomic E-state index is -5.00. The topological polar surface area (TPSA) is 254 Å². The van der Waals surface area contributed by atoms with Gasteiger partial charge in [-0.1, -0.05) is 6.92 Å². The third-order valence-corrected chi connectivity index (χ3v) is 7.25. The smallest absolute Gasteiger partial charge is 0.362 e. The highest BCUT2D eigenvalue weighted by Gasteiger charge is 2.53. The second-order valence-corrected chi connectivity index (χ2v) is 10.4. The van der Waals surface area contributed by atoms with Crippen LogP contribution in [0.2, 0.25) is 0 Å². The Hall–Kier alpha value is -3.96. The van der Waals surface area contributed by atoms with Gasteiger partial charge >= 0.3 is 10.3 Å². The Labute approximate surface area is 213 Å². The van der Waals surface area contributed by atoms with Crippen LogP contribution in [0.25, 0.3) is 0 Å². The molecule has 3 atom stereocenters. The zero-order chi connectivity index (χ0) is 27.7. The lowest BCUT2D eigenvalue weighted by molar-refractivity contribution is -0.149. The van der Waals surface area contributed by atoms with Gasteiger partial charge < -0.3 is 21.1 Å². The second-order valence-electron chi connectivity index (χ2n) is 8.23. The highest BCUT2D eigenvalue weighted by atomic mass is 32.2. The van der Waals surface area contributed by atoms with Crippen molar-refractivity contribution in [2.75, 3.05) is 12.3 Å². The Morgan fingerprint density at radius 3 is 2.59 bits per heavy atom. The summed E-state index contributed by atoms with van der Waals surface area (Å²) in [6.07, 6.45) is 0.000255. The first-order valence-corrected chi connectivity index (χ1v) is 12.8. The normalized spacial score (nSPS) is 18.1. The van der Waals surface area contributed by atoms with Crippen LogP contribution in [-0.2, 0) is 24.7 Å². The van der Waals surface area contributed by atoms with E-state index < -0.39 is 81.4 Å². The lowest BCUT2D eigenvalue weighted by Crippen LogP contribution is -2.66. The number of hydrogen-bond acceptors (Lipinski definition) is 12. The number of hydrogen-bond donors (Lipinski definition) is 6. The first kappa shape index (κ1) is 27.6. The van der Waals surface area contributed by atoms with E-state index in [9.17, 15) is 42.0 Å².